The highest BCUT2D eigenvalue weighted by atomic mass is 32.2. The molecule has 5 rings (SSSR count). The number of hydrogen-bond acceptors (Lipinski definition) is 6. The van der Waals surface area contributed by atoms with E-state index < -0.39 is 22.6 Å². The van der Waals surface area contributed by atoms with Gasteiger partial charge in [0, 0.05) is 42.9 Å². The molecule has 3 fully saturated rings. The van der Waals surface area contributed by atoms with E-state index in [1.807, 2.05) is 54.6 Å². The molecule has 6 atom stereocenters. The summed E-state index contributed by atoms with van der Waals surface area (Å²) in [5, 5.41) is 9.44. The molecule has 0 aliphatic carbocycles. The number of para-hydroxylation sites is 1. The first kappa shape index (κ1) is 30.9. The van der Waals surface area contributed by atoms with Crippen LogP contribution in [0.5, 0.6) is 5.75 Å². The van der Waals surface area contributed by atoms with Crippen molar-refractivity contribution in [3.8, 4) is 5.75 Å². The Kier molecular flexibility index (Phi) is 9.32. The highest BCUT2D eigenvalue weighted by Crippen LogP contribution is 2.69. The number of anilines is 2. The molecular weight excluding hydrogens is 562 g/mol. The predicted molar refractivity (Wildman–Crippen MR) is 171 cm³/mol. The van der Waals surface area contributed by atoms with Crippen molar-refractivity contribution >= 4 is 40.9 Å². The van der Waals surface area contributed by atoms with Crippen LogP contribution < -0.4 is 14.5 Å². The SMILES string of the molecule is C=CCN(C(=O)C1N(CCCCO)C(=O)[C@@H]2[C@@H](C(=O)N(CC=C)c3ccccc3)[C@H]3CC(C)C12S3)c1ccc(OC)cc1. The Hall–Kier alpha value is -3.56. The fraction of sp³-hybridized carbons (Fsp3) is 0.441. The molecule has 0 saturated carbocycles. The summed E-state index contributed by atoms with van der Waals surface area (Å²) in [5.41, 5.74) is 1.45. The van der Waals surface area contributed by atoms with E-state index in [9.17, 15) is 19.5 Å². The van der Waals surface area contributed by atoms with Crippen LogP contribution in [0.15, 0.2) is 79.9 Å². The van der Waals surface area contributed by atoms with Crippen LogP contribution in [-0.2, 0) is 14.4 Å². The van der Waals surface area contributed by atoms with E-state index in [0.29, 0.717) is 37.4 Å². The first-order valence-corrected chi connectivity index (χ1v) is 15.8. The van der Waals surface area contributed by atoms with E-state index in [-0.39, 0.29) is 42.0 Å². The number of ether oxygens (including phenoxy) is 1. The zero-order valence-corrected chi connectivity index (χ0v) is 25.7. The number of benzene rings is 2. The minimum absolute atomic E-state index is 0.00553. The lowest BCUT2D eigenvalue weighted by Crippen LogP contribution is -2.57. The van der Waals surface area contributed by atoms with E-state index in [2.05, 4.69) is 20.1 Å². The Morgan fingerprint density at radius 1 is 1.02 bits per heavy atom. The molecule has 3 unspecified atom stereocenters. The zero-order valence-electron chi connectivity index (χ0n) is 24.9. The number of unbranched alkanes of at least 4 members (excludes halogenated alkanes) is 1. The molecule has 0 aromatic heterocycles. The molecule has 0 radical (unpaired) electrons. The lowest BCUT2D eigenvalue weighted by Gasteiger charge is -2.41. The number of aliphatic hydroxyl groups is 1. The fourth-order valence-corrected chi connectivity index (χ4v) is 9.73. The Balaban J connectivity index is 1.57. The summed E-state index contributed by atoms with van der Waals surface area (Å²) in [7, 11) is 1.59. The number of hydrogen-bond donors (Lipinski definition) is 1. The molecule has 8 nitrogen and oxygen atoms in total. The van der Waals surface area contributed by atoms with E-state index in [4.69, 9.17) is 4.74 Å². The molecule has 2 aromatic rings. The van der Waals surface area contributed by atoms with Gasteiger partial charge in [-0.3, -0.25) is 14.4 Å². The smallest absolute Gasteiger partial charge is 0.251 e. The Labute approximate surface area is 258 Å². The molecule has 1 spiro atoms. The number of aliphatic hydroxyl groups excluding tert-OH is 1. The van der Waals surface area contributed by atoms with Gasteiger partial charge in [0.1, 0.15) is 11.8 Å². The van der Waals surface area contributed by atoms with Crippen molar-refractivity contribution in [2.75, 3.05) is 43.2 Å². The summed E-state index contributed by atoms with van der Waals surface area (Å²) in [5.74, 6) is -0.877. The third-order valence-corrected chi connectivity index (χ3v) is 11.3. The molecule has 43 heavy (non-hydrogen) atoms. The highest BCUT2D eigenvalue weighted by molar-refractivity contribution is 8.02. The van der Waals surface area contributed by atoms with Crippen LogP contribution >= 0.6 is 11.8 Å². The number of carbonyl (C=O) groups is 3. The Morgan fingerprint density at radius 2 is 1.65 bits per heavy atom. The molecule has 228 valence electrons. The normalized spacial score (nSPS) is 27.1. The number of thioether (sulfide) groups is 1. The fourth-order valence-electron chi connectivity index (χ4n) is 7.32. The van der Waals surface area contributed by atoms with Gasteiger partial charge in [-0.25, -0.2) is 0 Å². The summed E-state index contributed by atoms with van der Waals surface area (Å²) in [6, 6.07) is 16.0. The van der Waals surface area contributed by atoms with Gasteiger partial charge in [-0.1, -0.05) is 37.3 Å². The lowest BCUT2D eigenvalue weighted by atomic mass is 9.65. The van der Waals surface area contributed by atoms with Crippen molar-refractivity contribution in [2.45, 2.75) is 42.2 Å². The number of fused-ring (bicyclic) bond motifs is 1. The van der Waals surface area contributed by atoms with Gasteiger partial charge in [0.25, 0.3) is 5.91 Å². The minimum Gasteiger partial charge on any atom is -0.497 e. The number of likely N-dealkylation sites (tertiary alicyclic amines) is 1. The van der Waals surface area contributed by atoms with Crippen LogP contribution in [-0.4, -0.2) is 77.1 Å². The van der Waals surface area contributed by atoms with Crippen molar-refractivity contribution in [1.29, 1.82) is 0 Å². The number of nitrogens with zero attached hydrogens (tertiary/aromatic N) is 3. The van der Waals surface area contributed by atoms with Gasteiger partial charge in [0.2, 0.25) is 11.8 Å². The van der Waals surface area contributed by atoms with E-state index in [0.717, 1.165) is 12.1 Å². The molecule has 3 aliphatic rings. The van der Waals surface area contributed by atoms with Crippen molar-refractivity contribution in [3.63, 3.8) is 0 Å². The summed E-state index contributed by atoms with van der Waals surface area (Å²) in [4.78, 5) is 48.8. The number of methoxy groups -OCH3 is 1. The first-order chi connectivity index (χ1) is 20.8. The average Bonchev–Trinajstić information content (AvgIpc) is 3.62. The van der Waals surface area contributed by atoms with Crippen LogP contribution in [0.1, 0.15) is 26.2 Å². The van der Waals surface area contributed by atoms with Crippen molar-refractivity contribution < 1.29 is 24.2 Å². The van der Waals surface area contributed by atoms with Crippen molar-refractivity contribution in [1.82, 2.24) is 4.90 Å². The van der Waals surface area contributed by atoms with Crippen LogP contribution in [0, 0.1) is 17.8 Å². The second kappa shape index (κ2) is 13.0. The maximum absolute atomic E-state index is 14.8. The summed E-state index contributed by atoms with van der Waals surface area (Å²) < 4.78 is 4.58. The Bertz CT molecular complexity index is 1350. The van der Waals surface area contributed by atoms with E-state index in [1.165, 1.54) is 0 Å². The maximum Gasteiger partial charge on any atom is 0.251 e. The summed E-state index contributed by atoms with van der Waals surface area (Å²) >= 11 is 1.67. The number of amides is 3. The number of rotatable bonds is 13. The highest BCUT2D eigenvalue weighted by Gasteiger charge is 2.76. The van der Waals surface area contributed by atoms with Gasteiger partial charge < -0.3 is 24.5 Å². The lowest BCUT2D eigenvalue weighted by molar-refractivity contribution is -0.139. The second-order valence-electron chi connectivity index (χ2n) is 11.5. The third-order valence-electron chi connectivity index (χ3n) is 9.18. The van der Waals surface area contributed by atoms with Gasteiger partial charge in [-0.15, -0.1) is 24.9 Å². The first-order valence-electron chi connectivity index (χ1n) is 15.0. The molecular formula is C34H41N3O5S. The summed E-state index contributed by atoms with van der Waals surface area (Å²) in [6.07, 6.45) is 5.22. The second-order valence-corrected chi connectivity index (χ2v) is 13.1. The molecule has 3 amide bonds. The molecule has 3 aliphatic heterocycles. The van der Waals surface area contributed by atoms with Crippen molar-refractivity contribution in [3.05, 3.63) is 79.9 Å². The molecule has 1 N–H and O–H groups in total. The standard InChI is InChI=1S/C34H41N3O5S/c1-5-18-35(24-12-8-7-9-13-24)31(39)28-27-22-23(3)34(43-27)29(28)32(40)37(20-10-11-21-38)30(34)33(41)36(19-6-2)25-14-16-26(42-4)17-15-25/h5-9,12-17,23,27-30,38H,1-2,10-11,18-22H2,3-4H3/t23?,27-,28+,29+,30?,34?/m1/s1. The van der Waals surface area contributed by atoms with Crippen LogP contribution in [0.2, 0.25) is 0 Å². The van der Waals surface area contributed by atoms with Crippen LogP contribution in [0.25, 0.3) is 0 Å². The quantitative estimate of drug-likeness (QED) is 0.267. The monoisotopic (exact) mass is 603 g/mol. The molecule has 2 bridgehead atoms. The predicted octanol–water partition coefficient (Wildman–Crippen LogP) is 4.54. The third kappa shape index (κ3) is 5.27. The van der Waals surface area contributed by atoms with Gasteiger partial charge in [0.05, 0.1) is 23.7 Å². The van der Waals surface area contributed by atoms with Gasteiger partial charge in [0.15, 0.2) is 0 Å². The maximum atomic E-state index is 14.8. The van der Waals surface area contributed by atoms with Gasteiger partial charge in [-0.05, 0) is 61.6 Å². The van der Waals surface area contributed by atoms with Crippen LogP contribution in [0.4, 0.5) is 11.4 Å². The molecule has 2 aromatic carbocycles. The topological polar surface area (TPSA) is 90.4 Å². The number of carbonyl (C=O) groups excluding carboxylic acids is 3. The average molecular weight is 604 g/mol. The van der Waals surface area contributed by atoms with Crippen LogP contribution in [0.3, 0.4) is 0 Å². The minimum atomic E-state index is -0.752. The molecule has 3 saturated heterocycles. The molecule has 9 heteroatoms. The zero-order chi connectivity index (χ0) is 30.7. The largest absolute Gasteiger partial charge is 0.497 e. The summed E-state index contributed by atoms with van der Waals surface area (Å²) in [6.45, 7) is 10.8. The molecule has 3 heterocycles. The Morgan fingerprint density at radius 3 is 2.26 bits per heavy atom. The van der Waals surface area contributed by atoms with E-state index >= 15 is 0 Å². The van der Waals surface area contributed by atoms with E-state index in [1.54, 1.807) is 45.7 Å². The van der Waals surface area contributed by atoms with Crippen molar-refractivity contribution in [2.24, 2.45) is 17.8 Å². The van der Waals surface area contributed by atoms with Gasteiger partial charge in [-0.2, -0.15) is 0 Å². The van der Waals surface area contributed by atoms with Gasteiger partial charge >= 0.3 is 0 Å².